The second-order valence-electron chi connectivity index (χ2n) is 11.1. The number of hydrogen-bond acceptors (Lipinski definition) is 5. The van der Waals surface area contributed by atoms with Gasteiger partial charge in [0.2, 0.25) is 5.91 Å². The maximum atomic E-state index is 12.9. The molecule has 3 unspecified atom stereocenters. The number of pyridine rings is 1. The molecule has 2 heterocycles. The van der Waals surface area contributed by atoms with Crippen LogP contribution in [0, 0.1) is 24.7 Å². The first-order valence-electron chi connectivity index (χ1n) is 14.2. The topological polar surface area (TPSA) is 109 Å². The van der Waals surface area contributed by atoms with E-state index in [9.17, 15) is 19.5 Å². The van der Waals surface area contributed by atoms with Crippen molar-refractivity contribution in [2.24, 2.45) is 17.8 Å². The van der Waals surface area contributed by atoms with E-state index in [1.54, 1.807) is 12.1 Å². The average Bonchev–Trinajstić information content (AvgIpc) is 3.40. The summed E-state index contributed by atoms with van der Waals surface area (Å²) in [5.41, 5.74) is 2.83. The number of carbonyl (C=O) groups is 3. The SMILES string of the molecule is Cc1cc2ccccc2nc1C(=O)NCCOc1ccc(CC(CC(=O)N2CC3CCCCC3C2)C(=O)O)cc1. The fourth-order valence-electron chi connectivity index (χ4n) is 6.07. The van der Waals surface area contributed by atoms with Gasteiger partial charge in [0.15, 0.2) is 0 Å². The number of ether oxygens (including phenoxy) is 1. The Morgan fingerprint density at radius 1 is 1.05 bits per heavy atom. The zero-order valence-electron chi connectivity index (χ0n) is 23.0. The molecule has 1 saturated heterocycles. The Morgan fingerprint density at radius 2 is 1.75 bits per heavy atom. The molecule has 1 aliphatic heterocycles. The fraction of sp³-hybridized carbons (Fsp3) is 0.438. The molecule has 0 spiro atoms. The van der Waals surface area contributed by atoms with E-state index in [4.69, 9.17) is 4.74 Å². The van der Waals surface area contributed by atoms with Gasteiger partial charge in [-0.2, -0.15) is 0 Å². The number of carbonyl (C=O) groups excluding carboxylic acids is 2. The van der Waals surface area contributed by atoms with Crippen molar-refractivity contribution in [1.29, 1.82) is 0 Å². The van der Waals surface area contributed by atoms with Gasteiger partial charge in [-0.05, 0) is 73.4 Å². The molecule has 3 aromatic rings. The van der Waals surface area contributed by atoms with Crippen molar-refractivity contribution in [3.05, 3.63) is 71.4 Å². The smallest absolute Gasteiger partial charge is 0.307 e. The van der Waals surface area contributed by atoms with Crippen molar-refractivity contribution in [3.63, 3.8) is 0 Å². The van der Waals surface area contributed by atoms with Gasteiger partial charge in [-0.3, -0.25) is 14.4 Å². The van der Waals surface area contributed by atoms with Crippen LogP contribution >= 0.6 is 0 Å². The maximum absolute atomic E-state index is 12.9. The van der Waals surface area contributed by atoms with Crippen LogP contribution in [0.25, 0.3) is 10.9 Å². The first kappa shape index (κ1) is 27.6. The van der Waals surface area contributed by atoms with Gasteiger partial charge in [-0.25, -0.2) is 4.98 Å². The molecule has 8 nitrogen and oxygen atoms in total. The van der Waals surface area contributed by atoms with Gasteiger partial charge < -0.3 is 20.1 Å². The molecule has 40 heavy (non-hydrogen) atoms. The first-order chi connectivity index (χ1) is 19.4. The minimum atomic E-state index is -0.947. The van der Waals surface area contributed by atoms with Crippen LogP contribution in [-0.2, 0) is 16.0 Å². The number of amides is 2. The normalized spacial score (nSPS) is 19.2. The largest absolute Gasteiger partial charge is 0.492 e. The minimum Gasteiger partial charge on any atom is -0.492 e. The number of carboxylic acid groups (broad SMARTS) is 1. The van der Waals surface area contributed by atoms with Gasteiger partial charge in [0, 0.05) is 24.9 Å². The van der Waals surface area contributed by atoms with E-state index in [0.29, 0.717) is 29.8 Å². The van der Waals surface area contributed by atoms with E-state index in [1.807, 2.05) is 54.3 Å². The number of likely N-dealkylation sites (tertiary alicyclic amines) is 1. The van der Waals surface area contributed by atoms with Crippen molar-refractivity contribution in [3.8, 4) is 5.75 Å². The molecule has 2 aromatic carbocycles. The number of nitrogens with zero attached hydrogens (tertiary/aromatic N) is 2. The number of hydrogen-bond donors (Lipinski definition) is 2. The van der Waals surface area contributed by atoms with Crippen molar-refractivity contribution in [2.75, 3.05) is 26.2 Å². The predicted octanol–water partition coefficient (Wildman–Crippen LogP) is 4.63. The Morgan fingerprint density at radius 3 is 2.45 bits per heavy atom. The van der Waals surface area contributed by atoms with E-state index in [0.717, 1.165) is 35.1 Å². The molecule has 2 amide bonds. The number of aliphatic carboxylic acids is 1. The van der Waals surface area contributed by atoms with Crippen molar-refractivity contribution in [1.82, 2.24) is 15.2 Å². The first-order valence-corrected chi connectivity index (χ1v) is 14.2. The second-order valence-corrected chi connectivity index (χ2v) is 11.1. The van der Waals surface area contributed by atoms with E-state index in [-0.39, 0.29) is 31.3 Å². The van der Waals surface area contributed by atoms with Crippen LogP contribution in [-0.4, -0.2) is 59.0 Å². The van der Waals surface area contributed by atoms with E-state index in [2.05, 4.69) is 10.3 Å². The summed E-state index contributed by atoms with van der Waals surface area (Å²) in [5, 5.41) is 13.6. The highest BCUT2D eigenvalue weighted by Crippen LogP contribution is 2.36. The van der Waals surface area contributed by atoms with Crippen LogP contribution in [0.4, 0.5) is 0 Å². The Hall–Kier alpha value is -3.94. The van der Waals surface area contributed by atoms with Gasteiger partial charge in [-0.15, -0.1) is 0 Å². The van der Waals surface area contributed by atoms with Crippen LogP contribution in [0.3, 0.4) is 0 Å². The monoisotopic (exact) mass is 543 g/mol. The van der Waals surface area contributed by atoms with E-state index < -0.39 is 11.9 Å². The summed E-state index contributed by atoms with van der Waals surface area (Å²) in [7, 11) is 0. The number of carboxylic acids is 1. The highest BCUT2D eigenvalue weighted by atomic mass is 16.5. The maximum Gasteiger partial charge on any atom is 0.307 e. The fourth-order valence-corrected chi connectivity index (χ4v) is 6.07. The third-order valence-corrected chi connectivity index (χ3v) is 8.29. The van der Waals surface area contributed by atoms with Gasteiger partial charge in [0.05, 0.1) is 18.0 Å². The van der Waals surface area contributed by atoms with Crippen LogP contribution in [0.2, 0.25) is 0 Å². The second kappa shape index (κ2) is 12.5. The number of fused-ring (bicyclic) bond motifs is 2. The van der Waals surface area contributed by atoms with Gasteiger partial charge in [0.1, 0.15) is 18.1 Å². The highest BCUT2D eigenvalue weighted by Gasteiger charge is 2.37. The lowest BCUT2D eigenvalue weighted by Gasteiger charge is -2.22. The van der Waals surface area contributed by atoms with E-state index in [1.165, 1.54) is 25.7 Å². The summed E-state index contributed by atoms with van der Waals surface area (Å²) < 4.78 is 5.77. The molecule has 1 saturated carbocycles. The van der Waals surface area contributed by atoms with Crippen LogP contribution in [0.5, 0.6) is 5.75 Å². The summed E-state index contributed by atoms with van der Waals surface area (Å²) in [6.07, 6.45) is 5.14. The lowest BCUT2D eigenvalue weighted by Crippen LogP contribution is -2.33. The molecular weight excluding hydrogens is 506 g/mol. The average molecular weight is 544 g/mol. The van der Waals surface area contributed by atoms with Crippen LogP contribution < -0.4 is 10.1 Å². The lowest BCUT2D eigenvalue weighted by atomic mass is 9.82. The molecule has 1 aromatic heterocycles. The number of benzene rings is 2. The molecule has 3 atom stereocenters. The predicted molar refractivity (Wildman–Crippen MR) is 152 cm³/mol. The van der Waals surface area contributed by atoms with Crippen molar-refractivity contribution >= 4 is 28.7 Å². The number of rotatable bonds is 10. The molecule has 8 heteroatoms. The van der Waals surface area contributed by atoms with Gasteiger partial charge >= 0.3 is 5.97 Å². The third kappa shape index (κ3) is 6.61. The van der Waals surface area contributed by atoms with Crippen LogP contribution in [0.1, 0.15) is 53.7 Å². The van der Waals surface area contributed by atoms with Gasteiger partial charge in [-0.1, -0.05) is 43.2 Å². The molecular formula is C32H37N3O5. The minimum absolute atomic E-state index is 0.0261. The standard InChI is InChI=1S/C32H37N3O5/c1-21-16-23-6-4-5-9-28(23)34-30(21)31(37)33-14-15-40-27-12-10-22(11-13-27)17-26(32(38)39)18-29(36)35-19-24-7-2-3-8-25(24)20-35/h4-6,9-13,16,24-26H,2-3,7-8,14-15,17-20H2,1H3,(H,33,37)(H,38,39). The quantitative estimate of drug-likeness (QED) is 0.361. The number of para-hydroxylation sites is 1. The molecule has 210 valence electrons. The molecule has 1 aliphatic carbocycles. The van der Waals surface area contributed by atoms with Crippen LogP contribution in [0.15, 0.2) is 54.6 Å². The molecule has 2 N–H and O–H groups in total. The number of nitrogens with one attached hydrogen (secondary N) is 1. The Labute approximate surface area is 234 Å². The molecule has 0 radical (unpaired) electrons. The van der Waals surface area contributed by atoms with Gasteiger partial charge in [0.25, 0.3) is 5.91 Å². The summed E-state index contributed by atoms with van der Waals surface area (Å²) in [6, 6.07) is 16.9. The third-order valence-electron chi connectivity index (χ3n) is 8.29. The lowest BCUT2D eigenvalue weighted by molar-refractivity contribution is -0.145. The van der Waals surface area contributed by atoms with E-state index >= 15 is 0 Å². The molecule has 0 bridgehead atoms. The van der Waals surface area contributed by atoms with Crippen molar-refractivity contribution < 1.29 is 24.2 Å². The molecule has 5 rings (SSSR count). The zero-order valence-corrected chi connectivity index (χ0v) is 23.0. The zero-order chi connectivity index (χ0) is 28.1. The number of aromatic nitrogens is 1. The highest BCUT2D eigenvalue weighted by molar-refractivity contribution is 5.96. The Balaban J connectivity index is 1.08. The summed E-state index contributed by atoms with van der Waals surface area (Å²) in [6.45, 7) is 4.02. The summed E-state index contributed by atoms with van der Waals surface area (Å²) in [4.78, 5) is 43.9. The molecule has 2 fully saturated rings. The number of aryl methyl sites for hydroxylation is 1. The summed E-state index contributed by atoms with van der Waals surface area (Å²) >= 11 is 0. The van der Waals surface area contributed by atoms with Crippen molar-refractivity contribution in [2.45, 2.75) is 45.4 Å². The molecule has 2 aliphatic rings. The Kier molecular flexibility index (Phi) is 8.63. The summed E-state index contributed by atoms with van der Waals surface area (Å²) in [5.74, 6) is -0.202. The Bertz CT molecular complexity index is 1360.